The van der Waals surface area contributed by atoms with Crippen molar-refractivity contribution in [3.63, 3.8) is 0 Å². The highest BCUT2D eigenvalue weighted by molar-refractivity contribution is 4.77. The summed E-state index contributed by atoms with van der Waals surface area (Å²) in [6, 6.07) is 0. The largest absolute Gasteiger partial charge is 0.378 e. The maximum Gasteiger partial charge on any atom is 0.0581 e. The third-order valence-corrected chi connectivity index (χ3v) is 2.46. The van der Waals surface area contributed by atoms with Crippen LogP contribution in [-0.2, 0) is 4.74 Å². The van der Waals surface area contributed by atoms with E-state index in [-0.39, 0.29) is 0 Å². The average molecular weight is 171 g/mol. The highest BCUT2D eigenvalue weighted by Crippen LogP contribution is 2.27. The van der Waals surface area contributed by atoms with Gasteiger partial charge in [-0.2, -0.15) is 0 Å². The molecule has 0 amide bonds. The van der Waals surface area contributed by atoms with Crippen molar-refractivity contribution < 1.29 is 4.74 Å². The Bertz CT molecular complexity index is 128. The van der Waals surface area contributed by atoms with Crippen LogP contribution < -0.4 is 5.32 Å². The fraction of sp³-hybridized carbons (Fsp3) is 1.00. The summed E-state index contributed by atoms with van der Waals surface area (Å²) in [5.74, 6) is 0. The lowest BCUT2D eigenvalue weighted by Gasteiger charge is -2.27. The number of nitrogens with one attached hydrogen (secondary N) is 1. The van der Waals surface area contributed by atoms with E-state index in [1.165, 1.54) is 19.3 Å². The first kappa shape index (κ1) is 10.0. The third-order valence-electron chi connectivity index (χ3n) is 2.46. The molecule has 1 atom stereocenters. The van der Waals surface area contributed by atoms with Crippen LogP contribution in [0.15, 0.2) is 0 Å². The van der Waals surface area contributed by atoms with Gasteiger partial charge in [0, 0.05) is 13.2 Å². The summed E-state index contributed by atoms with van der Waals surface area (Å²) in [4.78, 5) is 0. The molecule has 0 spiro atoms. The van der Waals surface area contributed by atoms with Gasteiger partial charge >= 0.3 is 0 Å². The number of rotatable bonds is 4. The zero-order valence-electron chi connectivity index (χ0n) is 8.52. The molecule has 0 saturated carbocycles. The summed E-state index contributed by atoms with van der Waals surface area (Å²) in [6.07, 6.45) is 4.22. The number of hydrogen-bond acceptors (Lipinski definition) is 2. The zero-order chi connectivity index (χ0) is 9.03. The van der Waals surface area contributed by atoms with E-state index in [0.29, 0.717) is 11.5 Å². The van der Waals surface area contributed by atoms with Gasteiger partial charge < -0.3 is 10.1 Å². The van der Waals surface area contributed by atoms with Crippen LogP contribution in [0, 0.1) is 5.41 Å². The molecule has 0 aromatic rings. The maximum absolute atomic E-state index is 5.61. The first-order chi connectivity index (χ1) is 5.64. The Morgan fingerprint density at radius 3 is 2.75 bits per heavy atom. The molecule has 1 saturated heterocycles. The molecular formula is C10H21NO. The molecule has 2 nitrogen and oxygen atoms in total. The molecule has 72 valence electrons. The van der Waals surface area contributed by atoms with Crippen molar-refractivity contribution in [2.75, 3.05) is 20.2 Å². The van der Waals surface area contributed by atoms with Gasteiger partial charge in [0.25, 0.3) is 0 Å². The molecule has 1 heterocycles. The van der Waals surface area contributed by atoms with Crippen LogP contribution in [0.2, 0.25) is 0 Å². The van der Waals surface area contributed by atoms with Crippen LogP contribution in [-0.4, -0.2) is 26.3 Å². The van der Waals surface area contributed by atoms with E-state index in [9.17, 15) is 0 Å². The highest BCUT2D eigenvalue weighted by atomic mass is 16.5. The summed E-state index contributed by atoms with van der Waals surface area (Å²) in [5, 5.41) is 3.23. The van der Waals surface area contributed by atoms with Crippen LogP contribution in [0.25, 0.3) is 0 Å². The smallest absolute Gasteiger partial charge is 0.0581 e. The molecule has 1 N–H and O–H groups in total. The van der Waals surface area contributed by atoms with E-state index in [1.54, 1.807) is 0 Å². The standard InChI is InChI=1S/C10H21NO/c1-10(2,8-11-3)7-9-5-4-6-12-9/h9,11H,4-8H2,1-3H3. The fourth-order valence-electron chi connectivity index (χ4n) is 1.97. The minimum absolute atomic E-state index is 0.379. The molecule has 0 aromatic heterocycles. The minimum Gasteiger partial charge on any atom is -0.378 e. The van der Waals surface area contributed by atoms with Crippen LogP contribution >= 0.6 is 0 Å². The second-order valence-electron chi connectivity index (χ2n) is 4.53. The monoisotopic (exact) mass is 171 g/mol. The molecule has 0 radical (unpaired) electrons. The predicted molar refractivity (Wildman–Crippen MR) is 51.3 cm³/mol. The van der Waals surface area contributed by atoms with Crippen molar-refractivity contribution in [2.24, 2.45) is 5.41 Å². The Labute approximate surface area is 75.7 Å². The Morgan fingerprint density at radius 2 is 2.25 bits per heavy atom. The van der Waals surface area contributed by atoms with Crippen molar-refractivity contribution in [3.05, 3.63) is 0 Å². The molecule has 1 rings (SSSR count). The molecule has 1 fully saturated rings. The van der Waals surface area contributed by atoms with E-state index in [0.717, 1.165) is 13.2 Å². The molecule has 1 aliphatic heterocycles. The SMILES string of the molecule is CNCC(C)(C)CC1CCCO1. The maximum atomic E-state index is 5.61. The zero-order valence-corrected chi connectivity index (χ0v) is 8.52. The highest BCUT2D eigenvalue weighted by Gasteiger charge is 2.25. The summed E-state index contributed by atoms with van der Waals surface area (Å²) >= 11 is 0. The van der Waals surface area contributed by atoms with Gasteiger partial charge in [0.1, 0.15) is 0 Å². The first-order valence-electron chi connectivity index (χ1n) is 4.90. The van der Waals surface area contributed by atoms with Gasteiger partial charge in [0.15, 0.2) is 0 Å². The van der Waals surface area contributed by atoms with Crippen molar-refractivity contribution in [1.29, 1.82) is 0 Å². The molecule has 1 unspecified atom stereocenters. The fourth-order valence-corrected chi connectivity index (χ4v) is 1.97. The van der Waals surface area contributed by atoms with Gasteiger partial charge in [0.05, 0.1) is 6.10 Å². The van der Waals surface area contributed by atoms with Gasteiger partial charge in [-0.05, 0) is 31.7 Å². The van der Waals surface area contributed by atoms with Gasteiger partial charge in [-0.3, -0.25) is 0 Å². The van der Waals surface area contributed by atoms with E-state index in [4.69, 9.17) is 4.74 Å². The number of hydrogen-bond donors (Lipinski definition) is 1. The van der Waals surface area contributed by atoms with Crippen LogP contribution in [0.3, 0.4) is 0 Å². The summed E-state index contributed by atoms with van der Waals surface area (Å²) in [5.41, 5.74) is 0.379. The van der Waals surface area contributed by atoms with E-state index in [1.807, 2.05) is 7.05 Å². The summed E-state index contributed by atoms with van der Waals surface area (Å²) in [7, 11) is 2.01. The third kappa shape index (κ3) is 3.11. The molecule has 12 heavy (non-hydrogen) atoms. The second-order valence-corrected chi connectivity index (χ2v) is 4.53. The first-order valence-corrected chi connectivity index (χ1v) is 4.90. The van der Waals surface area contributed by atoms with Gasteiger partial charge in [-0.15, -0.1) is 0 Å². The van der Waals surface area contributed by atoms with E-state index >= 15 is 0 Å². The van der Waals surface area contributed by atoms with E-state index < -0.39 is 0 Å². The van der Waals surface area contributed by atoms with Crippen molar-refractivity contribution in [3.8, 4) is 0 Å². The topological polar surface area (TPSA) is 21.3 Å². The lowest BCUT2D eigenvalue weighted by molar-refractivity contribution is 0.0718. The Morgan fingerprint density at radius 1 is 1.50 bits per heavy atom. The summed E-state index contributed by atoms with van der Waals surface area (Å²) in [6.45, 7) is 6.64. The average Bonchev–Trinajstić information content (AvgIpc) is 2.38. The summed E-state index contributed by atoms with van der Waals surface area (Å²) < 4.78 is 5.61. The van der Waals surface area contributed by atoms with E-state index in [2.05, 4.69) is 19.2 Å². The minimum atomic E-state index is 0.379. The van der Waals surface area contributed by atoms with Crippen molar-refractivity contribution >= 4 is 0 Å². The van der Waals surface area contributed by atoms with Crippen molar-refractivity contribution in [2.45, 2.75) is 39.2 Å². The van der Waals surface area contributed by atoms with Crippen LogP contribution in [0.5, 0.6) is 0 Å². The van der Waals surface area contributed by atoms with Gasteiger partial charge in [-0.1, -0.05) is 13.8 Å². The molecule has 0 aliphatic carbocycles. The molecule has 2 heteroatoms. The molecular weight excluding hydrogens is 150 g/mol. The normalized spacial score (nSPS) is 24.8. The lowest BCUT2D eigenvalue weighted by atomic mass is 9.86. The molecule has 1 aliphatic rings. The quantitative estimate of drug-likeness (QED) is 0.696. The van der Waals surface area contributed by atoms with Crippen LogP contribution in [0.1, 0.15) is 33.1 Å². The second kappa shape index (κ2) is 4.24. The Balaban J connectivity index is 2.27. The number of ether oxygens (including phenoxy) is 1. The molecule has 0 bridgehead atoms. The Hall–Kier alpha value is -0.0800. The molecule has 0 aromatic carbocycles. The predicted octanol–water partition coefficient (Wildman–Crippen LogP) is 1.80. The van der Waals surface area contributed by atoms with Gasteiger partial charge in [0.2, 0.25) is 0 Å². The lowest BCUT2D eigenvalue weighted by Crippen LogP contribution is -2.30. The van der Waals surface area contributed by atoms with Gasteiger partial charge in [-0.25, -0.2) is 0 Å². The van der Waals surface area contributed by atoms with Crippen LogP contribution in [0.4, 0.5) is 0 Å². The van der Waals surface area contributed by atoms with Crippen molar-refractivity contribution in [1.82, 2.24) is 5.32 Å². The Kier molecular flexibility index (Phi) is 3.53.